The van der Waals surface area contributed by atoms with Gasteiger partial charge in [-0.2, -0.15) is 0 Å². The lowest BCUT2D eigenvalue weighted by Crippen LogP contribution is -2.22. The van der Waals surface area contributed by atoms with Gasteiger partial charge in [-0.25, -0.2) is 0 Å². The van der Waals surface area contributed by atoms with Crippen molar-refractivity contribution in [2.75, 3.05) is 0 Å². The Labute approximate surface area is 142 Å². The van der Waals surface area contributed by atoms with E-state index in [2.05, 4.69) is 5.16 Å². The summed E-state index contributed by atoms with van der Waals surface area (Å²) in [5.41, 5.74) is 0.959. The normalized spacial score (nSPS) is 19.4. The molecule has 2 aromatic rings. The van der Waals surface area contributed by atoms with Crippen molar-refractivity contribution in [3.63, 3.8) is 0 Å². The van der Waals surface area contributed by atoms with Crippen molar-refractivity contribution in [1.82, 2.24) is 0 Å². The van der Waals surface area contributed by atoms with Gasteiger partial charge in [-0.15, -0.1) is 0 Å². The lowest BCUT2D eigenvalue weighted by atomic mass is 9.88. The maximum absolute atomic E-state index is 11.0. The Morgan fingerprint density at radius 1 is 1.28 bits per heavy atom. The molecule has 0 radical (unpaired) electrons. The molecule has 2 aromatic carbocycles. The molecule has 0 aromatic heterocycles. The maximum Gasteiger partial charge on any atom is 0.315 e. The average molecular weight is 344 g/mol. The van der Waals surface area contributed by atoms with Crippen LogP contribution in [0.3, 0.4) is 0 Å². The van der Waals surface area contributed by atoms with Crippen molar-refractivity contribution < 1.29 is 25.1 Å². The molecule has 1 aliphatic rings. The van der Waals surface area contributed by atoms with Gasteiger partial charge in [-0.1, -0.05) is 29.4 Å². The van der Waals surface area contributed by atoms with Crippen molar-refractivity contribution in [2.45, 2.75) is 25.6 Å². The fraction of sp³-hybridized carbons (Fsp3) is 0.235. The molecule has 8 heteroatoms. The highest BCUT2D eigenvalue weighted by Gasteiger charge is 2.37. The first kappa shape index (κ1) is 16.7. The van der Waals surface area contributed by atoms with Crippen LogP contribution >= 0.6 is 0 Å². The number of nitro groups is 1. The van der Waals surface area contributed by atoms with Gasteiger partial charge in [0.1, 0.15) is 0 Å². The molecule has 0 saturated carbocycles. The van der Waals surface area contributed by atoms with Crippen LogP contribution in [0.15, 0.2) is 41.6 Å². The summed E-state index contributed by atoms with van der Waals surface area (Å²) in [7, 11) is 0. The van der Waals surface area contributed by atoms with Crippen LogP contribution in [0.1, 0.15) is 30.0 Å². The number of benzene rings is 2. The zero-order chi connectivity index (χ0) is 18.2. The highest BCUT2D eigenvalue weighted by atomic mass is 16.7. The van der Waals surface area contributed by atoms with E-state index in [1.807, 2.05) is 19.1 Å². The Morgan fingerprint density at radius 3 is 2.56 bits per heavy atom. The van der Waals surface area contributed by atoms with E-state index in [4.69, 9.17) is 9.94 Å². The number of oxime groups is 1. The predicted octanol–water partition coefficient (Wildman–Crippen LogP) is 2.54. The van der Waals surface area contributed by atoms with Crippen LogP contribution < -0.4 is 0 Å². The molecule has 0 spiro atoms. The Hall–Kier alpha value is -3.13. The standard InChI is InChI=1S/C17H16N2O6/c1-17(12-4-2-10(9-20)3-5-12)8-13(18-25-17)11-6-14(19(23)24)16(22)15(21)7-11/h2-7,20-22H,8-9H2,1H3. The van der Waals surface area contributed by atoms with Crippen LogP contribution in [-0.4, -0.2) is 26.0 Å². The molecule has 0 saturated heterocycles. The summed E-state index contributed by atoms with van der Waals surface area (Å²) >= 11 is 0. The number of aliphatic hydroxyl groups is 1. The lowest BCUT2D eigenvalue weighted by molar-refractivity contribution is -0.386. The third kappa shape index (κ3) is 2.99. The fourth-order valence-corrected chi connectivity index (χ4v) is 2.72. The van der Waals surface area contributed by atoms with Crippen molar-refractivity contribution in [3.8, 4) is 11.5 Å². The summed E-state index contributed by atoms with van der Waals surface area (Å²) in [5.74, 6) is -1.37. The van der Waals surface area contributed by atoms with Gasteiger partial charge in [0, 0.05) is 18.1 Å². The van der Waals surface area contributed by atoms with E-state index >= 15 is 0 Å². The van der Waals surface area contributed by atoms with Crippen LogP contribution in [0.4, 0.5) is 5.69 Å². The molecule has 1 unspecified atom stereocenters. The molecule has 8 nitrogen and oxygen atoms in total. The summed E-state index contributed by atoms with van der Waals surface area (Å²) in [4.78, 5) is 15.8. The second-order valence-corrected chi connectivity index (χ2v) is 6.01. The first-order valence-corrected chi connectivity index (χ1v) is 7.50. The minimum Gasteiger partial charge on any atom is -0.504 e. The molecule has 3 N–H and O–H groups in total. The minimum absolute atomic E-state index is 0.0595. The van der Waals surface area contributed by atoms with Crippen molar-refractivity contribution in [3.05, 3.63) is 63.2 Å². The third-order valence-electron chi connectivity index (χ3n) is 4.21. The van der Waals surface area contributed by atoms with Gasteiger partial charge in [0.15, 0.2) is 11.4 Å². The number of nitro benzene ring substituents is 1. The zero-order valence-electron chi connectivity index (χ0n) is 13.3. The van der Waals surface area contributed by atoms with Crippen LogP contribution in [0.2, 0.25) is 0 Å². The third-order valence-corrected chi connectivity index (χ3v) is 4.21. The second kappa shape index (κ2) is 6.06. The molecule has 1 atom stereocenters. The number of aliphatic hydroxyl groups excluding tert-OH is 1. The summed E-state index contributed by atoms with van der Waals surface area (Å²) in [5, 5.41) is 43.4. The van der Waals surface area contributed by atoms with Crippen molar-refractivity contribution >= 4 is 11.4 Å². The number of nitrogens with zero attached hydrogens (tertiary/aromatic N) is 2. The Bertz CT molecular complexity index is 862. The summed E-state index contributed by atoms with van der Waals surface area (Å²) in [6.45, 7) is 1.77. The van der Waals surface area contributed by atoms with Gasteiger partial charge in [-0.05, 0) is 24.1 Å². The van der Waals surface area contributed by atoms with E-state index in [1.54, 1.807) is 12.1 Å². The van der Waals surface area contributed by atoms with E-state index in [1.165, 1.54) is 6.07 Å². The lowest BCUT2D eigenvalue weighted by Gasteiger charge is -2.22. The van der Waals surface area contributed by atoms with Crippen LogP contribution in [0.5, 0.6) is 11.5 Å². The van der Waals surface area contributed by atoms with Gasteiger partial charge in [0.05, 0.1) is 17.2 Å². The Morgan fingerprint density at radius 2 is 1.96 bits per heavy atom. The SMILES string of the molecule is CC1(c2ccc(CO)cc2)CC(c2cc(O)c(O)c([N+](=O)[O-])c2)=NO1. The first-order chi connectivity index (χ1) is 11.8. The summed E-state index contributed by atoms with van der Waals surface area (Å²) in [6.07, 6.45) is 0.326. The van der Waals surface area contributed by atoms with E-state index in [-0.39, 0.29) is 6.61 Å². The smallest absolute Gasteiger partial charge is 0.315 e. The van der Waals surface area contributed by atoms with E-state index in [9.17, 15) is 20.3 Å². The molecule has 1 aliphatic heterocycles. The molecule has 0 amide bonds. The number of aromatic hydroxyl groups is 2. The van der Waals surface area contributed by atoms with Crippen molar-refractivity contribution in [1.29, 1.82) is 0 Å². The van der Waals surface area contributed by atoms with Gasteiger partial charge in [-0.3, -0.25) is 10.1 Å². The van der Waals surface area contributed by atoms with Crippen molar-refractivity contribution in [2.24, 2.45) is 5.16 Å². The number of hydrogen-bond donors (Lipinski definition) is 3. The topological polar surface area (TPSA) is 125 Å². The monoisotopic (exact) mass is 344 g/mol. The molecule has 0 fully saturated rings. The van der Waals surface area contributed by atoms with Crippen LogP contribution in [-0.2, 0) is 17.0 Å². The number of rotatable bonds is 4. The highest BCUT2D eigenvalue weighted by Crippen LogP contribution is 2.40. The minimum atomic E-state index is -0.782. The molecule has 3 rings (SSSR count). The van der Waals surface area contributed by atoms with Gasteiger partial charge < -0.3 is 20.2 Å². The largest absolute Gasteiger partial charge is 0.504 e. The van der Waals surface area contributed by atoms with Gasteiger partial charge >= 0.3 is 5.69 Å². The van der Waals surface area contributed by atoms with Gasteiger partial charge in [0.25, 0.3) is 0 Å². The Kier molecular flexibility index (Phi) is 4.05. The number of hydrogen-bond acceptors (Lipinski definition) is 7. The molecule has 1 heterocycles. The Balaban J connectivity index is 1.90. The van der Waals surface area contributed by atoms with Crippen LogP contribution in [0.25, 0.3) is 0 Å². The average Bonchev–Trinajstić information content (AvgIpc) is 3.00. The van der Waals surface area contributed by atoms with E-state index in [0.29, 0.717) is 17.7 Å². The second-order valence-electron chi connectivity index (χ2n) is 6.01. The summed E-state index contributed by atoms with van der Waals surface area (Å²) in [6, 6.07) is 9.56. The quantitative estimate of drug-likeness (QED) is 0.444. The van der Waals surface area contributed by atoms with E-state index < -0.39 is 27.7 Å². The zero-order valence-corrected chi connectivity index (χ0v) is 13.3. The molecular weight excluding hydrogens is 328 g/mol. The molecule has 25 heavy (non-hydrogen) atoms. The molecule has 0 bridgehead atoms. The predicted molar refractivity (Wildman–Crippen MR) is 88.4 cm³/mol. The van der Waals surface area contributed by atoms with Crippen LogP contribution in [0, 0.1) is 10.1 Å². The van der Waals surface area contributed by atoms with E-state index in [0.717, 1.165) is 17.2 Å². The number of phenolic OH excluding ortho intramolecular Hbond substituents is 2. The molecule has 130 valence electrons. The maximum atomic E-state index is 11.0. The first-order valence-electron chi connectivity index (χ1n) is 7.50. The molecule has 0 aliphatic carbocycles. The van der Waals surface area contributed by atoms with Gasteiger partial charge in [0.2, 0.25) is 5.75 Å². The number of phenols is 2. The fourth-order valence-electron chi connectivity index (χ4n) is 2.72. The highest BCUT2D eigenvalue weighted by molar-refractivity contribution is 6.03. The summed E-state index contributed by atoms with van der Waals surface area (Å²) < 4.78 is 0. The molecular formula is C17H16N2O6.